The van der Waals surface area contributed by atoms with Crippen LogP contribution in [0.25, 0.3) is 10.8 Å². The lowest BCUT2D eigenvalue weighted by molar-refractivity contribution is -0.148. The number of nitriles is 1. The number of benzene rings is 2. The zero-order valence-corrected chi connectivity index (χ0v) is 21.4. The fourth-order valence-corrected chi connectivity index (χ4v) is 5.28. The quantitative estimate of drug-likeness (QED) is 0.378. The number of piperazine rings is 1. The summed E-state index contributed by atoms with van der Waals surface area (Å²) in [5.41, 5.74) is 3.01. The van der Waals surface area contributed by atoms with Crippen molar-refractivity contribution in [3.63, 3.8) is 0 Å². The molecule has 10 heteroatoms. The maximum atomic E-state index is 12.0. The van der Waals surface area contributed by atoms with Gasteiger partial charge in [-0.2, -0.15) is 5.26 Å². The van der Waals surface area contributed by atoms with E-state index in [1.54, 1.807) is 25.1 Å². The molecule has 0 spiro atoms. The van der Waals surface area contributed by atoms with Gasteiger partial charge in [0.1, 0.15) is 17.8 Å². The summed E-state index contributed by atoms with van der Waals surface area (Å²) < 4.78 is 22.9. The van der Waals surface area contributed by atoms with Crippen molar-refractivity contribution in [1.82, 2.24) is 14.4 Å². The van der Waals surface area contributed by atoms with E-state index in [2.05, 4.69) is 27.8 Å². The second kappa shape index (κ2) is 11.5. The van der Waals surface area contributed by atoms with Gasteiger partial charge >= 0.3 is 5.97 Å². The SMILES string of the molecule is CC(C)C(C(=O)O)N(N1CCN(c2ccc(C#Cc3ccc4ccnc(C#N)c4c3)cc2)CC1)S(=O)O. The van der Waals surface area contributed by atoms with Gasteiger partial charge in [0.15, 0.2) is 0 Å². The number of carbonyl (C=O) groups is 1. The lowest BCUT2D eigenvalue weighted by Gasteiger charge is -2.42. The van der Waals surface area contributed by atoms with Crippen molar-refractivity contribution < 1.29 is 18.7 Å². The first-order valence-corrected chi connectivity index (χ1v) is 12.9. The van der Waals surface area contributed by atoms with E-state index in [1.807, 2.05) is 48.5 Å². The first-order valence-electron chi connectivity index (χ1n) is 11.8. The Balaban J connectivity index is 1.43. The van der Waals surface area contributed by atoms with Crippen LogP contribution in [0.5, 0.6) is 0 Å². The minimum Gasteiger partial charge on any atom is -0.480 e. The highest BCUT2D eigenvalue weighted by Crippen LogP contribution is 2.22. The zero-order valence-electron chi connectivity index (χ0n) is 20.5. The summed E-state index contributed by atoms with van der Waals surface area (Å²) in [6.07, 6.45) is 1.62. The van der Waals surface area contributed by atoms with Gasteiger partial charge in [0, 0.05) is 54.6 Å². The van der Waals surface area contributed by atoms with Crippen molar-refractivity contribution >= 4 is 33.7 Å². The van der Waals surface area contributed by atoms with Crippen LogP contribution in [0, 0.1) is 29.1 Å². The molecule has 2 unspecified atom stereocenters. The van der Waals surface area contributed by atoms with Crippen molar-refractivity contribution in [2.75, 3.05) is 31.1 Å². The molecule has 1 fully saturated rings. The summed E-state index contributed by atoms with van der Waals surface area (Å²) in [4.78, 5) is 18.0. The van der Waals surface area contributed by atoms with Crippen molar-refractivity contribution in [3.05, 3.63) is 71.5 Å². The molecule has 2 N–H and O–H groups in total. The Kier molecular flexibility index (Phi) is 8.17. The standard InChI is InChI=1S/C27H27N5O4S/c1-19(2)26(27(33)34)32(37(35)36)31-15-13-30(14-16-31)23-9-6-20(7-10-23)3-4-21-5-8-22-11-12-29-25(18-28)24(22)17-21/h5-12,17,19,26H,13-16H2,1-2H3,(H,33,34)(H,35,36). The zero-order chi connectivity index (χ0) is 26.5. The Morgan fingerprint density at radius 1 is 1.05 bits per heavy atom. The molecule has 1 aromatic heterocycles. The van der Waals surface area contributed by atoms with Crippen LogP contribution in [0.4, 0.5) is 5.69 Å². The predicted octanol–water partition coefficient (Wildman–Crippen LogP) is 3.09. The molecule has 3 aromatic rings. The van der Waals surface area contributed by atoms with Crippen LogP contribution in [0.1, 0.15) is 30.7 Å². The number of carboxylic acid groups (broad SMARTS) is 1. The lowest BCUT2D eigenvalue weighted by Crippen LogP contribution is -2.60. The number of carboxylic acids is 1. The Hall–Kier alpha value is -3.80. The number of pyridine rings is 1. The van der Waals surface area contributed by atoms with Crippen molar-refractivity contribution in [3.8, 4) is 17.9 Å². The minimum absolute atomic E-state index is 0.333. The molecule has 0 bridgehead atoms. The van der Waals surface area contributed by atoms with Crippen LogP contribution in [0.3, 0.4) is 0 Å². The molecule has 9 nitrogen and oxygen atoms in total. The molecule has 0 saturated carbocycles. The van der Waals surface area contributed by atoms with E-state index in [9.17, 15) is 23.9 Å². The van der Waals surface area contributed by atoms with Crippen LogP contribution in [-0.2, 0) is 16.1 Å². The molecule has 0 aliphatic carbocycles. The van der Waals surface area contributed by atoms with E-state index in [-0.39, 0.29) is 5.92 Å². The first-order chi connectivity index (χ1) is 17.8. The molecular weight excluding hydrogens is 490 g/mol. The fourth-order valence-electron chi connectivity index (χ4n) is 4.39. The molecule has 2 atom stereocenters. The van der Waals surface area contributed by atoms with E-state index < -0.39 is 23.3 Å². The highest BCUT2D eigenvalue weighted by Gasteiger charge is 2.38. The summed E-state index contributed by atoms with van der Waals surface area (Å²) in [6, 6.07) is 16.4. The maximum Gasteiger partial charge on any atom is 0.323 e. The van der Waals surface area contributed by atoms with Crippen LogP contribution in [-0.4, -0.2) is 66.5 Å². The first kappa shape index (κ1) is 26.3. The number of hydrogen-bond acceptors (Lipinski definition) is 6. The maximum absolute atomic E-state index is 12.0. The summed E-state index contributed by atoms with van der Waals surface area (Å²) in [6.45, 7) is 5.45. The Labute approximate surface area is 218 Å². The summed E-state index contributed by atoms with van der Waals surface area (Å²) in [5, 5.41) is 22.3. The summed E-state index contributed by atoms with van der Waals surface area (Å²) in [5.74, 6) is 4.85. The van der Waals surface area contributed by atoms with Gasteiger partial charge < -0.3 is 10.0 Å². The van der Waals surface area contributed by atoms with Gasteiger partial charge in [0.25, 0.3) is 0 Å². The number of nitrogens with zero attached hydrogens (tertiary/aromatic N) is 5. The number of rotatable bonds is 6. The molecular formula is C27H27N5O4S. The number of aliphatic carboxylic acids is 1. The normalized spacial score (nSPS) is 15.7. The Morgan fingerprint density at radius 2 is 1.70 bits per heavy atom. The molecule has 0 radical (unpaired) electrons. The van der Waals surface area contributed by atoms with Crippen LogP contribution >= 0.6 is 0 Å². The van der Waals surface area contributed by atoms with Crippen LogP contribution in [0.15, 0.2) is 54.7 Å². The summed E-state index contributed by atoms with van der Waals surface area (Å²) in [7, 11) is 0. The van der Waals surface area contributed by atoms with E-state index in [0.717, 1.165) is 32.0 Å². The molecule has 1 aliphatic heterocycles. The molecule has 0 amide bonds. The van der Waals surface area contributed by atoms with Gasteiger partial charge in [0.05, 0.1) is 0 Å². The van der Waals surface area contributed by atoms with Gasteiger partial charge in [-0.3, -0.25) is 9.35 Å². The molecule has 2 aromatic carbocycles. The number of anilines is 1. The number of fused-ring (bicyclic) bond motifs is 1. The van der Waals surface area contributed by atoms with Crippen LogP contribution in [0.2, 0.25) is 0 Å². The van der Waals surface area contributed by atoms with Gasteiger partial charge in [-0.05, 0) is 53.8 Å². The summed E-state index contributed by atoms with van der Waals surface area (Å²) >= 11 is -2.43. The number of hydrazine groups is 1. The number of aromatic nitrogens is 1. The highest BCUT2D eigenvalue weighted by atomic mass is 32.2. The third-order valence-electron chi connectivity index (χ3n) is 6.27. The van der Waals surface area contributed by atoms with Crippen molar-refractivity contribution in [2.24, 2.45) is 5.92 Å². The third kappa shape index (κ3) is 5.96. The predicted molar refractivity (Wildman–Crippen MR) is 142 cm³/mol. The molecule has 2 heterocycles. The van der Waals surface area contributed by atoms with Crippen molar-refractivity contribution in [1.29, 1.82) is 5.26 Å². The van der Waals surface area contributed by atoms with Crippen LogP contribution < -0.4 is 4.90 Å². The van der Waals surface area contributed by atoms with E-state index in [0.29, 0.717) is 31.9 Å². The average molecular weight is 518 g/mol. The second-order valence-electron chi connectivity index (χ2n) is 9.01. The molecule has 1 saturated heterocycles. The molecule has 190 valence electrons. The van der Waals surface area contributed by atoms with Gasteiger partial charge in [-0.1, -0.05) is 31.8 Å². The van der Waals surface area contributed by atoms with Crippen molar-refractivity contribution in [2.45, 2.75) is 19.9 Å². The minimum atomic E-state index is -2.43. The van der Waals surface area contributed by atoms with Gasteiger partial charge in [0.2, 0.25) is 11.3 Å². The van der Waals surface area contributed by atoms with Gasteiger partial charge in [-0.25, -0.2) is 14.2 Å². The van der Waals surface area contributed by atoms with E-state index in [4.69, 9.17) is 0 Å². The monoisotopic (exact) mass is 517 g/mol. The smallest absolute Gasteiger partial charge is 0.323 e. The fraction of sp³-hybridized carbons (Fsp3) is 0.296. The third-order valence-corrected chi connectivity index (χ3v) is 7.05. The Morgan fingerprint density at radius 3 is 2.30 bits per heavy atom. The van der Waals surface area contributed by atoms with E-state index >= 15 is 0 Å². The molecule has 4 rings (SSSR count). The van der Waals surface area contributed by atoms with Gasteiger partial charge in [-0.15, -0.1) is 4.41 Å². The topological polar surface area (TPSA) is 121 Å². The van der Waals surface area contributed by atoms with E-state index in [1.165, 1.54) is 0 Å². The number of hydrogen-bond donors (Lipinski definition) is 2. The average Bonchev–Trinajstić information content (AvgIpc) is 2.89. The molecule has 1 aliphatic rings. The molecule has 37 heavy (non-hydrogen) atoms. The Bertz CT molecular complexity index is 1420. The second-order valence-corrected chi connectivity index (χ2v) is 9.84. The lowest BCUT2D eigenvalue weighted by atomic mass is 10.1. The highest BCUT2D eigenvalue weighted by molar-refractivity contribution is 7.76. The largest absolute Gasteiger partial charge is 0.480 e.